The van der Waals surface area contributed by atoms with E-state index in [0.29, 0.717) is 18.0 Å². The maximum Gasteiger partial charge on any atom is 0.321 e. The average molecular weight is 299 g/mol. The van der Waals surface area contributed by atoms with Crippen molar-refractivity contribution < 1.29 is 17.9 Å². The van der Waals surface area contributed by atoms with Crippen LogP contribution in [0.25, 0.3) is 0 Å². The lowest BCUT2D eigenvalue weighted by molar-refractivity contribution is 0.209. The molecule has 2 heterocycles. The van der Waals surface area contributed by atoms with E-state index in [1.807, 2.05) is 0 Å². The van der Waals surface area contributed by atoms with Gasteiger partial charge in [0, 0.05) is 19.2 Å². The van der Waals surface area contributed by atoms with Crippen molar-refractivity contribution >= 4 is 21.6 Å². The molecular weight excluding hydrogens is 282 g/mol. The van der Waals surface area contributed by atoms with Gasteiger partial charge in [0.2, 0.25) is 5.88 Å². The lowest BCUT2D eigenvalue weighted by atomic mass is 10.2. The summed E-state index contributed by atoms with van der Waals surface area (Å²) in [7, 11) is 0.0974. The predicted octanol–water partition coefficient (Wildman–Crippen LogP) is 0.741. The first-order valence-corrected chi connectivity index (χ1v) is 7.98. The van der Waals surface area contributed by atoms with Crippen molar-refractivity contribution in [3.05, 3.63) is 18.3 Å². The Morgan fingerprint density at radius 2 is 2.25 bits per heavy atom. The van der Waals surface area contributed by atoms with Crippen molar-refractivity contribution in [3.8, 4) is 5.88 Å². The number of hydrogen-bond acceptors (Lipinski definition) is 5. The van der Waals surface area contributed by atoms with E-state index in [4.69, 9.17) is 4.74 Å². The predicted molar refractivity (Wildman–Crippen MR) is 74.6 cm³/mol. The molecule has 0 aliphatic carbocycles. The zero-order valence-corrected chi connectivity index (χ0v) is 12.2. The maximum atomic E-state index is 12.0. The molecule has 0 radical (unpaired) electrons. The number of nitrogens with zero attached hydrogens (tertiary/aromatic N) is 2. The van der Waals surface area contributed by atoms with Crippen LogP contribution in [0.4, 0.5) is 10.5 Å². The molecular formula is C12H17N3O4S. The van der Waals surface area contributed by atoms with Crippen LogP contribution in [-0.4, -0.2) is 56.0 Å². The molecule has 20 heavy (non-hydrogen) atoms. The van der Waals surface area contributed by atoms with Gasteiger partial charge in [0.25, 0.3) is 0 Å². The van der Waals surface area contributed by atoms with E-state index in [2.05, 4.69) is 10.3 Å². The van der Waals surface area contributed by atoms with Gasteiger partial charge in [-0.05, 0) is 12.5 Å². The molecule has 1 aromatic heterocycles. The second kappa shape index (κ2) is 5.66. The van der Waals surface area contributed by atoms with Crippen molar-refractivity contribution in [2.45, 2.75) is 12.5 Å². The molecule has 0 aromatic carbocycles. The van der Waals surface area contributed by atoms with Gasteiger partial charge in [0.05, 0.1) is 30.5 Å². The normalized spacial score (nSPS) is 20.4. The number of aromatic nitrogens is 1. The highest BCUT2D eigenvalue weighted by Crippen LogP contribution is 2.18. The van der Waals surface area contributed by atoms with Gasteiger partial charge in [0.15, 0.2) is 9.84 Å². The Kier molecular flexibility index (Phi) is 4.12. The van der Waals surface area contributed by atoms with Crippen LogP contribution in [0, 0.1) is 0 Å². The number of amides is 2. The van der Waals surface area contributed by atoms with Gasteiger partial charge in [-0.25, -0.2) is 18.2 Å². The number of pyridine rings is 1. The van der Waals surface area contributed by atoms with E-state index in [1.165, 1.54) is 18.2 Å². The van der Waals surface area contributed by atoms with Crippen LogP contribution in [0.1, 0.15) is 6.42 Å². The zero-order valence-electron chi connectivity index (χ0n) is 11.4. The number of ether oxygens (including phenoxy) is 1. The summed E-state index contributed by atoms with van der Waals surface area (Å²) in [6.07, 6.45) is 1.96. The molecule has 0 saturated carbocycles. The summed E-state index contributed by atoms with van der Waals surface area (Å²) in [5.41, 5.74) is 0.531. The van der Waals surface area contributed by atoms with Gasteiger partial charge in [-0.3, -0.25) is 0 Å². The smallest absolute Gasteiger partial charge is 0.321 e. The molecule has 1 aliphatic heterocycles. The number of carbonyl (C=O) groups excluding carboxylic acids is 1. The Labute approximate surface area is 117 Å². The first-order valence-electron chi connectivity index (χ1n) is 6.15. The van der Waals surface area contributed by atoms with Crippen LogP contribution in [0.3, 0.4) is 0 Å². The zero-order chi connectivity index (χ0) is 14.8. The number of hydrogen-bond donors (Lipinski definition) is 1. The van der Waals surface area contributed by atoms with Crippen LogP contribution in [-0.2, 0) is 9.84 Å². The fourth-order valence-corrected chi connectivity index (χ4v) is 3.81. The van der Waals surface area contributed by atoms with E-state index in [0.717, 1.165) is 0 Å². The summed E-state index contributed by atoms with van der Waals surface area (Å²) in [6.45, 7) is 0. The first-order chi connectivity index (χ1) is 9.41. The second-order valence-corrected chi connectivity index (χ2v) is 6.92. The number of nitrogens with one attached hydrogen (secondary N) is 1. The molecule has 0 bridgehead atoms. The van der Waals surface area contributed by atoms with Crippen LogP contribution in [0.15, 0.2) is 18.3 Å². The average Bonchev–Trinajstić information content (AvgIpc) is 2.79. The summed E-state index contributed by atoms with van der Waals surface area (Å²) < 4.78 is 27.8. The maximum absolute atomic E-state index is 12.0. The number of anilines is 1. The highest BCUT2D eigenvalue weighted by Gasteiger charge is 2.32. The van der Waals surface area contributed by atoms with Crippen LogP contribution < -0.4 is 10.1 Å². The Morgan fingerprint density at radius 1 is 1.50 bits per heavy atom. The second-order valence-electron chi connectivity index (χ2n) is 4.69. The minimum absolute atomic E-state index is 0.0256. The van der Waals surface area contributed by atoms with E-state index in [9.17, 15) is 13.2 Å². The fourth-order valence-electron chi connectivity index (χ4n) is 2.03. The molecule has 1 atom stereocenters. The Morgan fingerprint density at radius 3 is 2.75 bits per heavy atom. The number of rotatable bonds is 3. The van der Waals surface area contributed by atoms with Gasteiger partial charge < -0.3 is 15.0 Å². The number of urea groups is 1. The Balaban J connectivity index is 1.97. The Hall–Kier alpha value is -1.83. The SMILES string of the molecule is COc1ccc(NC(=O)N(C)[C@H]2CCS(=O)(=O)C2)cn1. The number of sulfone groups is 1. The molecule has 2 rings (SSSR count). The monoisotopic (exact) mass is 299 g/mol. The fraction of sp³-hybridized carbons (Fsp3) is 0.500. The molecule has 0 spiro atoms. The molecule has 8 heteroatoms. The van der Waals surface area contributed by atoms with E-state index in [1.54, 1.807) is 19.2 Å². The quantitative estimate of drug-likeness (QED) is 0.889. The third-order valence-electron chi connectivity index (χ3n) is 3.27. The van der Waals surface area contributed by atoms with Crippen molar-refractivity contribution in [1.82, 2.24) is 9.88 Å². The molecule has 1 aromatic rings. The molecule has 110 valence electrons. The van der Waals surface area contributed by atoms with Gasteiger partial charge >= 0.3 is 6.03 Å². The lowest BCUT2D eigenvalue weighted by Crippen LogP contribution is -2.40. The summed E-state index contributed by atoms with van der Waals surface area (Å²) in [5.74, 6) is 0.621. The van der Waals surface area contributed by atoms with Crippen molar-refractivity contribution in [1.29, 1.82) is 0 Å². The molecule has 1 N–H and O–H groups in total. The van der Waals surface area contributed by atoms with E-state index in [-0.39, 0.29) is 23.6 Å². The standard InChI is InChI=1S/C12H17N3O4S/c1-15(10-5-6-20(17,18)8-10)12(16)14-9-3-4-11(19-2)13-7-9/h3-4,7,10H,5-6,8H2,1-2H3,(H,14,16)/t10-/m0/s1. The summed E-state index contributed by atoms with van der Waals surface area (Å²) >= 11 is 0. The molecule has 0 unspecified atom stereocenters. The summed E-state index contributed by atoms with van der Waals surface area (Å²) in [6, 6.07) is 2.68. The minimum atomic E-state index is -3.01. The van der Waals surface area contributed by atoms with Crippen LogP contribution in [0.2, 0.25) is 0 Å². The van der Waals surface area contributed by atoms with Gasteiger partial charge in [-0.1, -0.05) is 0 Å². The van der Waals surface area contributed by atoms with Crippen LogP contribution >= 0.6 is 0 Å². The molecule has 7 nitrogen and oxygen atoms in total. The van der Waals surface area contributed by atoms with Gasteiger partial charge in [0.1, 0.15) is 0 Å². The molecule has 1 aliphatic rings. The van der Waals surface area contributed by atoms with Gasteiger partial charge in [-0.2, -0.15) is 0 Å². The highest BCUT2D eigenvalue weighted by atomic mass is 32.2. The van der Waals surface area contributed by atoms with Gasteiger partial charge in [-0.15, -0.1) is 0 Å². The van der Waals surface area contributed by atoms with E-state index < -0.39 is 9.84 Å². The first kappa shape index (κ1) is 14.6. The number of carbonyl (C=O) groups is 1. The third-order valence-corrected chi connectivity index (χ3v) is 5.02. The molecule has 2 amide bonds. The van der Waals surface area contributed by atoms with Crippen LogP contribution in [0.5, 0.6) is 5.88 Å². The minimum Gasteiger partial charge on any atom is -0.481 e. The van der Waals surface area contributed by atoms with Crippen molar-refractivity contribution in [2.24, 2.45) is 0 Å². The molecule has 1 fully saturated rings. The summed E-state index contributed by atoms with van der Waals surface area (Å²) in [5, 5.41) is 2.67. The topological polar surface area (TPSA) is 88.6 Å². The summed E-state index contributed by atoms with van der Waals surface area (Å²) in [4.78, 5) is 17.4. The van der Waals surface area contributed by atoms with Crippen molar-refractivity contribution in [2.75, 3.05) is 31.0 Å². The third kappa shape index (κ3) is 3.38. The number of methoxy groups -OCH3 is 1. The lowest BCUT2D eigenvalue weighted by Gasteiger charge is -2.23. The molecule has 1 saturated heterocycles. The van der Waals surface area contributed by atoms with E-state index >= 15 is 0 Å². The highest BCUT2D eigenvalue weighted by molar-refractivity contribution is 7.91. The largest absolute Gasteiger partial charge is 0.481 e. The Bertz CT molecular complexity index is 585. The van der Waals surface area contributed by atoms with Crippen molar-refractivity contribution in [3.63, 3.8) is 0 Å².